The maximum Gasteiger partial charge on any atom is 0.164 e. The second kappa shape index (κ2) is 16.4. The van der Waals surface area contributed by atoms with E-state index >= 15 is 0 Å². The fraction of sp³-hybridized carbons (Fsp3) is 0. The van der Waals surface area contributed by atoms with Gasteiger partial charge >= 0.3 is 0 Å². The summed E-state index contributed by atoms with van der Waals surface area (Å²) in [5.41, 5.74) is 16.2. The quantitative estimate of drug-likeness (QED) is 0.153. The number of hydrogen-bond donors (Lipinski definition) is 0. The average Bonchev–Trinajstić information content (AvgIpc) is 3.93. The molecule has 13 aromatic rings. The number of para-hydroxylation sites is 1. The molecular weight excluding hydrogens is 827 g/mol. The smallest absolute Gasteiger partial charge is 0.164 e. The number of nitrogens with zero attached hydrogens (tertiary/aromatic N) is 5. The minimum Gasteiger partial charge on any atom is -0.309 e. The monoisotopic (exact) mass is 867 g/mol. The van der Waals surface area contributed by atoms with Gasteiger partial charge in [-0.05, 0) is 81.9 Å². The van der Waals surface area contributed by atoms with Crippen LogP contribution in [0.4, 0.5) is 0 Å². The first kappa shape index (κ1) is 39.2. The van der Waals surface area contributed by atoms with Crippen molar-refractivity contribution in [2.24, 2.45) is 0 Å². The van der Waals surface area contributed by atoms with Crippen molar-refractivity contribution in [2.75, 3.05) is 0 Å². The number of aromatic nitrogens is 5. The van der Waals surface area contributed by atoms with Gasteiger partial charge in [-0.3, -0.25) is 0 Å². The van der Waals surface area contributed by atoms with Crippen LogP contribution in [0.5, 0.6) is 0 Å². The van der Waals surface area contributed by atoms with Crippen LogP contribution in [0.2, 0.25) is 0 Å². The predicted octanol–water partition coefficient (Wildman–Crippen LogP) is 16.1. The molecule has 68 heavy (non-hydrogen) atoms. The van der Waals surface area contributed by atoms with Crippen LogP contribution in [0.25, 0.3) is 123 Å². The zero-order valence-corrected chi connectivity index (χ0v) is 36.9. The van der Waals surface area contributed by atoms with E-state index in [1.807, 2.05) is 36.4 Å². The molecule has 0 unspecified atom stereocenters. The average molecular weight is 868 g/mol. The molecule has 0 radical (unpaired) electrons. The van der Waals surface area contributed by atoms with Gasteiger partial charge in [0.1, 0.15) is 0 Å². The molecule has 0 atom stereocenters. The summed E-state index contributed by atoms with van der Waals surface area (Å²) in [6.45, 7) is 0. The minimum absolute atomic E-state index is 0.600. The molecule has 318 valence electrons. The van der Waals surface area contributed by atoms with Gasteiger partial charge in [0.25, 0.3) is 0 Å². The van der Waals surface area contributed by atoms with Gasteiger partial charge < -0.3 is 9.13 Å². The molecular formula is C63H41N5. The second-order valence-electron chi connectivity index (χ2n) is 17.3. The third-order valence-corrected chi connectivity index (χ3v) is 13.1. The van der Waals surface area contributed by atoms with Gasteiger partial charge in [-0.25, -0.2) is 15.0 Å². The first-order chi connectivity index (χ1) is 33.7. The van der Waals surface area contributed by atoms with Gasteiger partial charge in [0, 0.05) is 49.6 Å². The Morgan fingerprint density at radius 1 is 0.206 bits per heavy atom. The second-order valence-corrected chi connectivity index (χ2v) is 17.3. The summed E-state index contributed by atoms with van der Waals surface area (Å²) in [7, 11) is 0. The van der Waals surface area contributed by atoms with Gasteiger partial charge in [-0.15, -0.1) is 0 Å². The fourth-order valence-electron chi connectivity index (χ4n) is 9.90. The summed E-state index contributed by atoms with van der Waals surface area (Å²) < 4.78 is 4.87. The van der Waals surface area contributed by atoms with E-state index in [0.29, 0.717) is 17.5 Å². The number of rotatable bonds is 8. The van der Waals surface area contributed by atoms with E-state index in [2.05, 4.69) is 221 Å². The predicted molar refractivity (Wildman–Crippen MR) is 281 cm³/mol. The molecule has 13 rings (SSSR count). The third kappa shape index (κ3) is 6.84. The molecule has 10 aromatic carbocycles. The zero-order valence-electron chi connectivity index (χ0n) is 36.9. The largest absolute Gasteiger partial charge is 0.309 e. The van der Waals surface area contributed by atoms with Gasteiger partial charge in [-0.1, -0.05) is 200 Å². The molecule has 3 heterocycles. The highest BCUT2D eigenvalue weighted by atomic mass is 15.0. The van der Waals surface area contributed by atoms with Crippen LogP contribution >= 0.6 is 0 Å². The van der Waals surface area contributed by atoms with Gasteiger partial charge in [0.15, 0.2) is 17.5 Å². The van der Waals surface area contributed by atoms with Crippen LogP contribution in [0.3, 0.4) is 0 Å². The van der Waals surface area contributed by atoms with Crippen molar-refractivity contribution in [3.8, 4) is 78.9 Å². The Morgan fingerprint density at radius 2 is 0.574 bits per heavy atom. The lowest BCUT2D eigenvalue weighted by atomic mass is 10.0. The lowest BCUT2D eigenvalue weighted by Gasteiger charge is -2.15. The van der Waals surface area contributed by atoms with Crippen LogP contribution < -0.4 is 0 Å². The highest BCUT2D eigenvalue weighted by Gasteiger charge is 2.21. The Balaban J connectivity index is 1.10. The molecule has 0 amide bonds. The Bertz CT molecular complexity index is 3930. The summed E-state index contributed by atoms with van der Waals surface area (Å²) in [6.07, 6.45) is 0. The number of benzene rings is 10. The standard InChI is InChI=1S/C63H41N5/c1-6-18-42(19-7-1)47-30-33-54-53-28-16-17-29-57(53)67(58(54)39-47)51-32-35-56-55-34-31-48(43-20-8-2-9-21-43)40-59(55)68(60(56)41-51)52-37-49(44-22-10-3-11-23-44)36-50(38-52)63-65-61(45-24-12-4-13-25-45)64-62(66-63)46-26-14-5-15-27-46/h1-41H. The molecule has 5 heteroatoms. The topological polar surface area (TPSA) is 48.5 Å². The minimum atomic E-state index is 0.600. The summed E-state index contributed by atoms with van der Waals surface area (Å²) in [6, 6.07) is 88.5. The first-order valence-corrected chi connectivity index (χ1v) is 23.0. The zero-order chi connectivity index (χ0) is 45.0. The number of hydrogen-bond acceptors (Lipinski definition) is 3. The van der Waals surface area contributed by atoms with Crippen molar-refractivity contribution in [2.45, 2.75) is 0 Å². The molecule has 0 saturated carbocycles. The molecule has 0 saturated heterocycles. The van der Waals surface area contributed by atoms with E-state index in [1.165, 1.54) is 32.7 Å². The summed E-state index contributed by atoms with van der Waals surface area (Å²) in [5.74, 6) is 1.84. The van der Waals surface area contributed by atoms with Crippen LogP contribution in [-0.2, 0) is 0 Å². The summed E-state index contributed by atoms with van der Waals surface area (Å²) in [5, 5.41) is 4.77. The lowest BCUT2D eigenvalue weighted by Crippen LogP contribution is -2.02. The van der Waals surface area contributed by atoms with Crippen molar-refractivity contribution < 1.29 is 0 Å². The van der Waals surface area contributed by atoms with Crippen LogP contribution in [-0.4, -0.2) is 24.1 Å². The molecule has 3 aromatic heterocycles. The van der Waals surface area contributed by atoms with Crippen molar-refractivity contribution in [3.63, 3.8) is 0 Å². The highest BCUT2D eigenvalue weighted by molar-refractivity contribution is 6.13. The van der Waals surface area contributed by atoms with Crippen LogP contribution in [0.15, 0.2) is 249 Å². The van der Waals surface area contributed by atoms with Gasteiger partial charge in [0.2, 0.25) is 0 Å². The molecule has 0 bridgehead atoms. The molecule has 0 spiro atoms. The van der Waals surface area contributed by atoms with E-state index in [-0.39, 0.29) is 0 Å². The summed E-state index contributed by atoms with van der Waals surface area (Å²) >= 11 is 0. The Hall–Kier alpha value is -9.19. The Kier molecular flexibility index (Phi) is 9.43. The van der Waals surface area contributed by atoms with Crippen LogP contribution in [0, 0.1) is 0 Å². The maximum atomic E-state index is 5.23. The SMILES string of the molecule is c1ccc(-c2cc(-c3nc(-c4ccccc4)nc(-c4ccccc4)n3)cc(-n3c4cc(-c5ccccc5)ccc4c4ccc(-n5c6ccccc6c6ccc(-c7ccccc7)cc65)cc43)c2)cc1. The third-order valence-electron chi connectivity index (χ3n) is 13.1. The van der Waals surface area contributed by atoms with E-state index in [9.17, 15) is 0 Å². The molecule has 0 N–H and O–H groups in total. The molecule has 5 nitrogen and oxygen atoms in total. The summed E-state index contributed by atoms with van der Waals surface area (Å²) in [4.78, 5) is 15.5. The van der Waals surface area contributed by atoms with E-state index < -0.39 is 0 Å². The normalized spacial score (nSPS) is 11.5. The van der Waals surface area contributed by atoms with Crippen molar-refractivity contribution in [3.05, 3.63) is 249 Å². The highest BCUT2D eigenvalue weighted by Crippen LogP contribution is 2.41. The molecule has 0 aliphatic carbocycles. The van der Waals surface area contributed by atoms with E-state index in [0.717, 1.165) is 72.4 Å². The van der Waals surface area contributed by atoms with E-state index in [4.69, 9.17) is 15.0 Å². The fourth-order valence-corrected chi connectivity index (χ4v) is 9.90. The van der Waals surface area contributed by atoms with Crippen molar-refractivity contribution in [1.29, 1.82) is 0 Å². The maximum absolute atomic E-state index is 5.23. The first-order valence-electron chi connectivity index (χ1n) is 23.0. The molecule has 0 aliphatic rings. The van der Waals surface area contributed by atoms with Gasteiger partial charge in [-0.2, -0.15) is 0 Å². The van der Waals surface area contributed by atoms with Gasteiger partial charge in [0.05, 0.1) is 22.1 Å². The van der Waals surface area contributed by atoms with Crippen LogP contribution in [0.1, 0.15) is 0 Å². The van der Waals surface area contributed by atoms with E-state index in [1.54, 1.807) is 0 Å². The van der Waals surface area contributed by atoms with Crippen molar-refractivity contribution in [1.82, 2.24) is 24.1 Å². The molecule has 0 aliphatic heterocycles. The Labute approximate surface area is 393 Å². The van der Waals surface area contributed by atoms with Crippen molar-refractivity contribution >= 4 is 43.6 Å². The molecule has 0 fully saturated rings. The Morgan fingerprint density at radius 3 is 1.09 bits per heavy atom. The number of fused-ring (bicyclic) bond motifs is 6. The lowest BCUT2D eigenvalue weighted by molar-refractivity contribution is 1.07.